The third-order valence-electron chi connectivity index (χ3n) is 8.18. The molecule has 3 aliphatic heterocycles. The highest BCUT2D eigenvalue weighted by molar-refractivity contribution is 6.02. The summed E-state index contributed by atoms with van der Waals surface area (Å²) in [6, 6.07) is 24.6. The zero-order chi connectivity index (χ0) is 24.4. The summed E-state index contributed by atoms with van der Waals surface area (Å²) >= 11 is 0. The van der Waals surface area contributed by atoms with Crippen molar-refractivity contribution in [1.82, 2.24) is 14.4 Å². The van der Waals surface area contributed by atoms with Crippen molar-refractivity contribution in [1.29, 1.82) is 0 Å². The largest absolute Gasteiger partial charge is 0.349 e. The first-order valence-electron chi connectivity index (χ1n) is 12.7. The van der Waals surface area contributed by atoms with Crippen LogP contribution in [0.4, 0.5) is 5.69 Å². The van der Waals surface area contributed by atoms with Crippen molar-refractivity contribution >= 4 is 28.4 Å². The van der Waals surface area contributed by atoms with E-state index in [1.807, 2.05) is 46.2 Å². The quantitative estimate of drug-likeness (QED) is 0.432. The molecule has 6 nitrogen and oxygen atoms in total. The molecule has 0 saturated carbocycles. The number of hydrogen-bond donors (Lipinski definition) is 0. The lowest BCUT2D eigenvalue weighted by atomic mass is 9.96. The molecular weight excluding hydrogens is 448 g/mol. The van der Waals surface area contributed by atoms with Crippen molar-refractivity contribution in [3.8, 4) is 0 Å². The number of rotatable bonds is 2. The maximum Gasteiger partial charge on any atom is 0.257 e. The monoisotopic (exact) mass is 476 g/mol. The Hall–Kier alpha value is -4.06. The number of amides is 2. The van der Waals surface area contributed by atoms with Gasteiger partial charge in [-0.25, -0.2) is 0 Å². The van der Waals surface area contributed by atoms with Crippen molar-refractivity contribution < 1.29 is 9.59 Å². The molecule has 0 saturated heterocycles. The fourth-order valence-electron chi connectivity index (χ4n) is 6.42. The van der Waals surface area contributed by atoms with Gasteiger partial charge in [-0.05, 0) is 47.7 Å². The van der Waals surface area contributed by atoms with Crippen LogP contribution in [-0.2, 0) is 30.7 Å². The molecule has 7 rings (SSSR count). The second-order valence-electron chi connectivity index (χ2n) is 10.1. The zero-order valence-electron chi connectivity index (χ0n) is 20.4. The molecule has 1 atom stereocenters. The van der Waals surface area contributed by atoms with Gasteiger partial charge in [0.25, 0.3) is 5.91 Å². The van der Waals surface area contributed by atoms with Crippen LogP contribution in [0.1, 0.15) is 38.9 Å². The Kier molecular flexibility index (Phi) is 4.71. The Morgan fingerprint density at radius 1 is 0.889 bits per heavy atom. The smallest absolute Gasteiger partial charge is 0.257 e. The second-order valence-corrected chi connectivity index (χ2v) is 10.1. The Morgan fingerprint density at radius 2 is 1.64 bits per heavy atom. The summed E-state index contributed by atoms with van der Waals surface area (Å²) in [4.78, 5) is 33.4. The van der Waals surface area contributed by atoms with E-state index in [-0.39, 0.29) is 24.5 Å². The average Bonchev–Trinajstić information content (AvgIpc) is 3.24. The highest BCUT2D eigenvalue weighted by Crippen LogP contribution is 2.44. The molecule has 0 spiro atoms. The third kappa shape index (κ3) is 3.03. The highest BCUT2D eigenvalue weighted by Gasteiger charge is 2.43. The summed E-state index contributed by atoms with van der Waals surface area (Å²) in [5.41, 5.74) is 7.63. The van der Waals surface area contributed by atoms with E-state index in [1.165, 1.54) is 22.1 Å². The number of para-hydroxylation sites is 2. The van der Waals surface area contributed by atoms with Crippen LogP contribution in [0, 0.1) is 0 Å². The van der Waals surface area contributed by atoms with Gasteiger partial charge in [-0.1, -0.05) is 54.6 Å². The predicted octanol–water partition coefficient (Wildman–Crippen LogP) is 4.37. The Morgan fingerprint density at radius 3 is 2.53 bits per heavy atom. The minimum absolute atomic E-state index is 0.0649. The molecule has 0 radical (unpaired) electrons. The van der Waals surface area contributed by atoms with Crippen molar-refractivity contribution in [3.63, 3.8) is 0 Å². The number of anilines is 1. The van der Waals surface area contributed by atoms with Gasteiger partial charge < -0.3 is 19.3 Å². The molecule has 2 amide bonds. The Balaban J connectivity index is 1.32. The van der Waals surface area contributed by atoms with E-state index < -0.39 is 0 Å². The van der Waals surface area contributed by atoms with E-state index in [1.54, 1.807) is 0 Å². The van der Waals surface area contributed by atoms with Crippen molar-refractivity contribution in [2.24, 2.45) is 0 Å². The molecule has 4 aromatic rings. The van der Waals surface area contributed by atoms with Gasteiger partial charge >= 0.3 is 0 Å². The number of hydrogen-bond acceptors (Lipinski definition) is 3. The summed E-state index contributed by atoms with van der Waals surface area (Å²) in [5.74, 6) is 0.186. The van der Waals surface area contributed by atoms with E-state index in [2.05, 4.69) is 52.9 Å². The van der Waals surface area contributed by atoms with E-state index >= 15 is 0 Å². The van der Waals surface area contributed by atoms with Crippen molar-refractivity contribution in [2.75, 3.05) is 25.0 Å². The van der Waals surface area contributed by atoms with E-state index in [0.717, 1.165) is 41.8 Å². The van der Waals surface area contributed by atoms with Crippen LogP contribution in [0.15, 0.2) is 72.8 Å². The van der Waals surface area contributed by atoms with Crippen LogP contribution < -0.4 is 4.90 Å². The number of nitrogens with zero attached hydrogens (tertiary/aromatic N) is 4. The van der Waals surface area contributed by atoms with Gasteiger partial charge in [0.1, 0.15) is 12.7 Å². The van der Waals surface area contributed by atoms with E-state index in [4.69, 9.17) is 0 Å². The van der Waals surface area contributed by atoms with Crippen molar-refractivity contribution in [2.45, 2.75) is 32.1 Å². The molecule has 1 aromatic heterocycles. The minimum atomic E-state index is -0.238. The topological polar surface area (TPSA) is 48.8 Å². The van der Waals surface area contributed by atoms with E-state index in [0.29, 0.717) is 13.1 Å². The van der Waals surface area contributed by atoms with Crippen LogP contribution >= 0.6 is 0 Å². The van der Waals surface area contributed by atoms with Crippen LogP contribution in [0.3, 0.4) is 0 Å². The van der Waals surface area contributed by atoms with Crippen LogP contribution in [0.5, 0.6) is 0 Å². The lowest BCUT2D eigenvalue weighted by Gasteiger charge is -2.46. The molecular formula is C30H28N4O2. The second kappa shape index (κ2) is 7.98. The Labute approximate surface area is 210 Å². The van der Waals surface area contributed by atoms with Crippen molar-refractivity contribution in [3.05, 3.63) is 101 Å². The first-order valence-corrected chi connectivity index (χ1v) is 12.7. The number of carbonyl (C=O) groups excluding carboxylic acids is 2. The summed E-state index contributed by atoms with van der Waals surface area (Å²) in [5, 5.41) is 1.18. The van der Waals surface area contributed by atoms with Crippen LogP contribution in [0.2, 0.25) is 0 Å². The maximum atomic E-state index is 13.7. The van der Waals surface area contributed by atoms with Crippen LogP contribution in [0.25, 0.3) is 10.9 Å². The molecule has 0 unspecified atom stereocenters. The van der Waals surface area contributed by atoms with Gasteiger partial charge in [0, 0.05) is 37.6 Å². The molecule has 4 heterocycles. The first-order chi connectivity index (χ1) is 17.6. The molecule has 0 fully saturated rings. The lowest BCUT2D eigenvalue weighted by Crippen LogP contribution is -2.51. The first kappa shape index (κ1) is 21.2. The van der Waals surface area contributed by atoms with Gasteiger partial charge in [-0.2, -0.15) is 0 Å². The van der Waals surface area contributed by atoms with Crippen LogP contribution in [-0.4, -0.2) is 46.3 Å². The predicted molar refractivity (Wildman–Crippen MR) is 140 cm³/mol. The average molecular weight is 477 g/mol. The summed E-state index contributed by atoms with van der Waals surface area (Å²) < 4.78 is 2.18. The molecule has 180 valence electrons. The molecule has 6 heteroatoms. The van der Waals surface area contributed by atoms with Gasteiger partial charge in [0.15, 0.2) is 0 Å². The van der Waals surface area contributed by atoms with Gasteiger partial charge in [0.2, 0.25) is 5.91 Å². The summed E-state index contributed by atoms with van der Waals surface area (Å²) in [7, 11) is 2.06. The normalized spacial score (nSPS) is 18.5. The molecule has 0 N–H and O–H groups in total. The Bertz CT molecular complexity index is 1540. The number of benzene rings is 3. The molecule has 0 aliphatic carbocycles. The van der Waals surface area contributed by atoms with E-state index in [9.17, 15) is 9.59 Å². The summed E-state index contributed by atoms with van der Waals surface area (Å²) in [6.07, 6.45) is 1.43. The SMILES string of the molecule is CN1c2ccccc2C(=O)N2CCc3c(n(CC(=O)N4CCc5ccccc5C4)c4ccccc34)[C@H]21. The standard InChI is InChI=1S/C30H28N4O2/c1-31-25-12-6-5-11-24(25)30(36)33-17-15-23-22-10-4-7-13-26(22)34(28(23)29(31)33)19-27(35)32-16-14-20-8-2-3-9-21(20)18-32/h2-13,29H,14-19H2,1H3/t29-/m0/s1. The number of aromatic nitrogens is 1. The highest BCUT2D eigenvalue weighted by atomic mass is 16.2. The molecule has 3 aromatic carbocycles. The minimum Gasteiger partial charge on any atom is -0.349 e. The third-order valence-corrected chi connectivity index (χ3v) is 8.18. The van der Waals surface area contributed by atoms with Gasteiger partial charge in [-0.15, -0.1) is 0 Å². The fourth-order valence-corrected chi connectivity index (χ4v) is 6.42. The molecule has 0 bridgehead atoms. The van der Waals surface area contributed by atoms with Gasteiger partial charge in [0.05, 0.1) is 16.9 Å². The summed E-state index contributed by atoms with van der Waals surface area (Å²) in [6.45, 7) is 2.32. The zero-order valence-corrected chi connectivity index (χ0v) is 20.4. The molecule has 36 heavy (non-hydrogen) atoms. The maximum absolute atomic E-state index is 13.7. The fraction of sp³-hybridized carbons (Fsp3) is 0.267. The number of carbonyl (C=O) groups is 2. The van der Waals surface area contributed by atoms with Gasteiger partial charge in [-0.3, -0.25) is 9.59 Å². The lowest BCUT2D eigenvalue weighted by molar-refractivity contribution is -0.132. The number of fused-ring (bicyclic) bond motifs is 7. The molecule has 3 aliphatic rings.